The first-order valence-corrected chi connectivity index (χ1v) is 7.79. The van der Waals surface area contributed by atoms with Gasteiger partial charge in [-0.2, -0.15) is 0 Å². The molecule has 5 heteroatoms. The number of rotatable bonds is 2. The predicted octanol–water partition coefficient (Wildman–Crippen LogP) is 1.79. The van der Waals surface area contributed by atoms with Crippen molar-refractivity contribution in [2.75, 3.05) is 25.4 Å². The Labute approximate surface area is 124 Å². The predicted molar refractivity (Wildman–Crippen MR) is 83.2 cm³/mol. The molecule has 112 valence electrons. The number of morpholine rings is 1. The lowest BCUT2D eigenvalue weighted by atomic mass is 10.1. The fourth-order valence-corrected chi connectivity index (χ4v) is 3.77. The van der Waals surface area contributed by atoms with Crippen molar-refractivity contribution in [3.8, 4) is 0 Å². The third-order valence-electron chi connectivity index (χ3n) is 4.85. The fraction of sp³-hybridized carbons (Fsp3) is 0.562. The third kappa shape index (κ3) is 2.21. The summed E-state index contributed by atoms with van der Waals surface area (Å²) in [5.41, 5.74) is 9.46. The highest BCUT2D eigenvalue weighted by molar-refractivity contribution is 5.81. The van der Waals surface area contributed by atoms with E-state index < -0.39 is 0 Å². The van der Waals surface area contributed by atoms with Gasteiger partial charge in [-0.15, -0.1) is 0 Å². The summed E-state index contributed by atoms with van der Waals surface area (Å²) in [6.45, 7) is 5.98. The highest BCUT2D eigenvalue weighted by Crippen LogP contribution is 2.26. The number of aryl methyl sites for hydroxylation is 1. The summed E-state index contributed by atoms with van der Waals surface area (Å²) in [6, 6.07) is 6.80. The summed E-state index contributed by atoms with van der Waals surface area (Å²) < 4.78 is 8.18. The molecule has 0 amide bonds. The van der Waals surface area contributed by atoms with Crippen LogP contribution in [0.2, 0.25) is 0 Å². The summed E-state index contributed by atoms with van der Waals surface area (Å²) in [5.74, 6) is 0.589. The molecule has 2 aromatic rings. The molecule has 2 fully saturated rings. The van der Waals surface area contributed by atoms with Gasteiger partial charge in [-0.3, -0.25) is 4.90 Å². The van der Waals surface area contributed by atoms with Gasteiger partial charge in [0.15, 0.2) is 0 Å². The lowest BCUT2D eigenvalue weighted by Crippen LogP contribution is -2.47. The molecule has 2 atom stereocenters. The molecule has 1 aromatic heterocycles. The van der Waals surface area contributed by atoms with Crippen LogP contribution in [0.3, 0.4) is 0 Å². The van der Waals surface area contributed by atoms with Crippen LogP contribution in [0.15, 0.2) is 18.2 Å². The van der Waals surface area contributed by atoms with Crippen LogP contribution < -0.4 is 5.73 Å². The van der Waals surface area contributed by atoms with Crippen LogP contribution in [-0.2, 0) is 11.3 Å². The topological polar surface area (TPSA) is 56.3 Å². The first-order chi connectivity index (χ1) is 10.2. The molecule has 21 heavy (non-hydrogen) atoms. The Bertz CT molecular complexity index is 666. The Morgan fingerprint density at radius 1 is 1.43 bits per heavy atom. The van der Waals surface area contributed by atoms with Crippen molar-refractivity contribution in [3.05, 3.63) is 23.8 Å². The molecule has 2 saturated heterocycles. The summed E-state index contributed by atoms with van der Waals surface area (Å²) >= 11 is 0. The Balaban J connectivity index is 1.61. The Kier molecular flexibility index (Phi) is 3.12. The van der Waals surface area contributed by atoms with Crippen molar-refractivity contribution < 1.29 is 4.74 Å². The van der Waals surface area contributed by atoms with Crippen LogP contribution in [0.1, 0.15) is 18.4 Å². The zero-order valence-electron chi connectivity index (χ0n) is 12.5. The zero-order valence-corrected chi connectivity index (χ0v) is 12.5. The largest absolute Gasteiger partial charge is 0.373 e. The maximum atomic E-state index is 6.13. The van der Waals surface area contributed by atoms with E-state index in [9.17, 15) is 0 Å². The van der Waals surface area contributed by atoms with Crippen molar-refractivity contribution in [1.82, 2.24) is 14.5 Å². The Hall–Kier alpha value is -1.59. The number of hydrogen-bond acceptors (Lipinski definition) is 4. The van der Waals surface area contributed by atoms with Crippen LogP contribution >= 0.6 is 0 Å². The third-order valence-corrected chi connectivity index (χ3v) is 4.85. The smallest absolute Gasteiger partial charge is 0.201 e. The number of fused-ring (bicyclic) bond motifs is 2. The molecule has 0 spiro atoms. The molecule has 0 aliphatic carbocycles. The number of benzene rings is 1. The van der Waals surface area contributed by atoms with E-state index in [1.807, 2.05) is 12.1 Å². The maximum absolute atomic E-state index is 6.13. The summed E-state index contributed by atoms with van der Waals surface area (Å²) in [7, 11) is 0. The highest BCUT2D eigenvalue weighted by atomic mass is 16.5. The van der Waals surface area contributed by atoms with E-state index in [1.54, 1.807) is 0 Å². The molecule has 0 bridgehead atoms. The zero-order chi connectivity index (χ0) is 14.4. The standard InChI is InChI=1S/C16H22N4O/c1-11-4-2-6-14-15(11)20(16(17)18-14)9-13-8-19-7-3-5-12(19)10-21-13/h2,4,6,12-13H,3,5,7-10H2,1H3,(H2,17,18). The van der Waals surface area contributed by atoms with Gasteiger partial charge in [0, 0.05) is 12.6 Å². The van der Waals surface area contributed by atoms with Crippen molar-refractivity contribution in [3.63, 3.8) is 0 Å². The monoisotopic (exact) mass is 286 g/mol. The van der Waals surface area contributed by atoms with Crippen LogP contribution in [0.4, 0.5) is 5.95 Å². The minimum atomic E-state index is 0.207. The lowest BCUT2D eigenvalue weighted by molar-refractivity contribution is -0.0545. The van der Waals surface area contributed by atoms with Gasteiger partial charge in [0.2, 0.25) is 5.95 Å². The molecule has 5 nitrogen and oxygen atoms in total. The second kappa shape index (κ2) is 5.00. The van der Waals surface area contributed by atoms with Crippen molar-refractivity contribution in [2.24, 2.45) is 0 Å². The van der Waals surface area contributed by atoms with Gasteiger partial charge >= 0.3 is 0 Å². The van der Waals surface area contributed by atoms with Gasteiger partial charge in [-0.25, -0.2) is 4.98 Å². The molecule has 2 aliphatic heterocycles. The van der Waals surface area contributed by atoms with E-state index in [0.29, 0.717) is 12.0 Å². The number of nitrogens with two attached hydrogens (primary N) is 1. The van der Waals surface area contributed by atoms with E-state index in [1.165, 1.54) is 24.9 Å². The van der Waals surface area contributed by atoms with Gasteiger partial charge in [0.1, 0.15) is 0 Å². The Morgan fingerprint density at radius 3 is 3.24 bits per heavy atom. The summed E-state index contributed by atoms with van der Waals surface area (Å²) in [6.07, 6.45) is 2.79. The lowest BCUT2D eigenvalue weighted by Gasteiger charge is -2.35. The number of nitrogen functional groups attached to an aromatic ring is 1. The van der Waals surface area contributed by atoms with Gasteiger partial charge < -0.3 is 15.0 Å². The number of anilines is 1. The molecule has 3 heterocycles. The van der Waals surface area contributed by atoms with E-state index in [4.69, 9.17) is 10.5 Å². The number of para-hydroxylation sites is 1. The summed E-state index contributed by atoms with van der Waals surface area (Å²) in [5, 5.41) is 0. The average Bonchev–Trinajstić information content (AvgIpc) is 3.04. The first-order valence-electron chi connectivity index (χ1n) is 7.79. The second-order valence-electron chi connectivity index (χ2n) is 6.27. The van der Waals surface area contributed by atoms with E-state index in [2.05, 4.69) is 27.4 Å². The molecule has 0 saturated carbocycles. The number of ether oxygens (including phenoxy) is 1. The van der Waals surface area contributed by atoms with Crippen molar-refractivity contribution in [2.45, 2.75) is 38.5 Å². The summed E-state index contributed by atoms with van der Waals surface area (Å²) in [4.78, 5) is 7.04. The number of imidazole rings is 1. The number of hydrogen-bond donors (Lipinski definition) is 1. The van der Waals surface area contributed by atoms with E-state index in [0.717, 1.165) is 30.7 Å². The fourth-order valence-electron chi connectivity index (χ4n) is 3.77. The van der Waals surface area contributed by atoms with E-state index in [-0.39, 0.29) is 6.10 Å². The van der Waals surface area contributed by atoms with Crippen LogP contribution in [-0.4, -0.2) is 46.3 Å². The van der Waals surface area contributed by atoms with Crippen LogP contribution in [0, 0.1) is 6.92 Å². The molecular weight excluding hydrogens is 264 g/mol. The number of aromatic nitrogens is 2. The molecule has 4 rings (SSSR count). The molecular formula is C16H22N4O. The van der Waals surface area contributed by atoms with E-state index >= 15 is 0 Å². The van der Waals surface area contributed by atoms with Crippen LogP contribution in [0.25, 0.3) is 11.0 Å². The minimum Gasteiger partial charge on any atom is -0.373 e. The average molecular weight is 286 g/mol. The number of nitrogens with zero attached hydrogens (tertiary/aromatic N) is 3. The normalized spacial score (nSPS) is 26.3. The molecule has 2 unspecified atom stereocenters. The van der Waals surface area contributed by atoms with Gasteiger partial charge in [-0.05, 0) is 37.9 Å². The molecule has 2 N–H and O–H groups in total. The second-order valence-corrected chi connectivity index (χ2v) is 6.27. The van der Waals surface area contributed by atoms with Gasteiger partial charge in [-0.1, -0.05) is 12.1 Å². The van der Waals surface area contributed by atoms with Crippen molar-refractivity contribution >= 4 is 17.0 Å². The highest BCUT2D eigenvalue weighted by Gasteiger charge is 2.32. The molecule has 1 aromatic carbocycles. The maximum Gasteiger partial charge on any atom is 0.201 e. The van der Waals surface area contributed by atoms with Gasteiger partial charge in [0.25, 0.3) is 0 Å². The first kappa shape index (κ1) is 13.1. The molecule has 0 radical (unpaired) electrons. The van der Waals surface area contributed by atoms with Crippen molar-refractivity contribution in [1.29, 1.82) is 0 Å². The molecule has 2 aliphatic rings. The van der Waals surface area contributed by atoms with Crippen LogP contribution in [0.5, 0.6) is 0 Å². The minimum absolute atomic E-state index is 0.207. The SMILES string of the molecule is Cc1cccc2nc(N)n(CC3CN4CCCC4CO3)c12. The Morgan fingerprint density at radius 2 is 2.33 bits per heavy atom. The quantitative estimate of drug-likeness (QED) is 0.914. The van der Waals surface area contributed by atoms with Gasteiger partial charge in [0.05, 0.1) is 30.3 Å².